The van der Waals surface area contributed by atoms with Crippen LogP contribution in [-0.4, -0.2) is 41.9 Å². The topological polar surface area (TPSA) is 115 Å². The van der Waals surface area contributed by atoms with Gasteiger partial charge in [-0.2, -0.15) is 0 Å². The molecule has 1 saturated heterocycles. The second kappa shape index (κ2) is 16.9. The highest BCUT2D eigenvalue weighted by atomic mass is 16.5. The largest absolute Gasteiger partial charge is 0.504 e. The van der Waals surface area contributed by atoms with E-state index in [2.05, 4.69) is 42.3 Å². The first-order valence-corrected chi connectivity index (χ1v) is 16.3. The molecule has 4 rings (SSSR count). The Bertz CT molecular complexity index is 1470. The quantitative estimate of drug-likeness (QED) is 0.0903. The molecule has 0 spiro atoms. The van der Waals surface area contributed by atoms with Gasteiger partial charge in [0.2, 0.25) is 0 Å². The minimum absolute atomic E-state index is 0.0146. The summed E-state index contributed by atoms with van der Waals surface area (Å²) in [5.41, 5.74) is 13.2. The predicted octanol–water partition coefficient (Wildman–Crippen LogP) is 7.06. The summed E-state index contributed by atoms with van der Waals surface area (Å²) >= 11 is 0. The summed E-state index contributed by atoms with van der Waals surface area (Å²) in [6.45, 7) is 6.44. The highest BCUT2D eigenvalue weighted by Crippen LogP contribution is 2.32. The summed E-state index contributed by atoms with van der Waals surface area (Å²) in [7, 11) is 1.49. The van der Waals surface area contributed by atoms with E-state index in [-0.39, 0.29) is 23.7 Å². The Hall–Kier alpha value is -3.97. The van der Waals surface area contributed by atoms with Crippen molar-refractivity contribution in [3.05, 3.63) is 87.6 Å². The van der Waals surface area contributed by atoms with E-state index in [0.29, 0.717) is 30.8 Å². The van der Waals surface area contributed by atoms with E-state index in [1.54, 1.807) is 24.4 Å². The Kier molecular flexibility index (Phi) is 12.8. The number of aromatic nitrogens is 1. The third-order valence-electron chi connectivity index (χ3n) is 8.67. The molecule has 0 bridgehead atoms. The number of ether oxygens (including phenoxy) is 1. The molecule has 1 aliphatic heterocycles. The molecule has 1 aliphatic rings. The molecule has 3 aromatic rings. The van der Waals surface area contributed by atoms with Crippen molar-refractivity contribution in [2.75, 3.05) is 25.9 Å². The molecule has 1 fully saturated rings. The van der Waals surface area contributed by atoms with E-state index >= 15 is 0 Å². The third-order valence-corrected chi connectivity index (χ3v) is 8.67. The van der Waals surface area contributed by atoms with E-state index in [1.165, 1.54) is 55.6 Å². The van der Waals surface area contributed by atoms with Crippen molar-refractivity contribution in [1.29, 1.82) is 0 Å². The van der Waals surface area contributed by atoms with Gasteiger partial charge in [-0.15, -0.1) is 0 Å². The monoisotopic (exact) mass is 611 g/mol. The number of methoxy groups -OCH3 is 1. The molecule has 0 atom stereocenters. The van der Waals surface area contributed by atoms with Crippen LogP contribution in [0.1, 0.15) is 96.7 Å². The number of ketones is 2. The lowest BCUT2D eigenvalue weighted by Gasteiger charge is -2.22. The molecule has 45 heavy (non-hydrogen) atoms. The number of hydrogen-bond acceptors (Lipinski definition) is 7. The number of phenols is 1. The van der Waals surface area contributed by atoms with Crippen LogP contribution in [0.3, 0.4) is 0 Å². The SMILES string of the molecule is COc1cc(C=CC(=O)CC(=O)CCCCCCC2CCNCC2)c(Cc2cnc(N)c(Cc3cc(C)cc(C)c3)c2)cc1O. The van der Waals surface area contributed by atoms with Crippen molar-refractivity contribution in [1.82, 2.24) is 10.3 Å². The molecule has 2 heterocycles. The number of rotatable bonds is 16. The summed E-state index contributed by atoms with van der Waals surface area (Å²) < 4.78 is 5.33. The Morgan fingerprint density at radius 1 is 0.956 bits per heavy atom. The molecule has 0 aliphatic carbocycles. The number of anilines is 1. The molecule has 1 aromatic heterocycles. The molecule has 240 valence electrons. The molecule has 4 N–H and O–H groups in total. The molecule has 0 amide bonds. The number of piperidine rings is 1. The maximum atomic E-state index is 12.7. The van der Waals surface area contributed by atoms with Crippen molar-refractivity contribution >= 4 is 23.5 Å². The van der Waals surface area contributed by atoms with Crippen LogP contribution < -0.4 is 15.8 Å². The number of unbranched alkanes of at least 4 members (excludes halogenated alkanes) is 3. The zero-order valence-electron chi connectivity index (χ0n) is 27.2. The second-order valence-electron chi connectivity index (χ2n) is 12.6. The van der Waals surface area contributed by atoms with Crippen LogP contribution in [0.25, 0.3) is 6.08 Å². The van der Waals surface area contributed by atoms with Gasteiger partial charge in [-0.05, 0) is 111 Å². The fourth-order valence-electron chi connectivity index (χ4n) is 6.32. The summed E-state index contributed by atoms with van der Waals surface area (Å²) in [6.07, 6.45) is 14.5. The lowest BCUT2D eigenvalue weighted by atomic mass is 9.92. The lowest BCUT2D eigenvalue weighted by molar-refractivity contribution is -0.124. The van der Waals surface area contributed by atoms with Crippen LogP contribution in [0.15, 0.2) is 48.7 Å². The lowest BCUT2D eigenvalue weighted by Crippen LogP contribution is -2.27. The maximum Gasteiger partial charge on any atom is 0.163 e. The first kappa shape index (κ1) is 33.9. The first-order valence-electron chi connectivity index (χ1n) is 16.3. The minimum Gasteiger partial charge on any atom is -0.504 e. The Morgan fingerprint density at radius 3 is 2.40 bits per heavy atom. The van der Waals surface area contributed by atoms with E-state index in [4.69, 9.17) is 10.5 Å². The van der Waals surface area contributed by atoms with Crippen molar-refractivity contribution in [2.45, 2.75) is 84.5 Å². The summed E-state index contributed by atoms with van der Waals surface area (Å²) in [4.78, 5) is 29.7. The van der Waals surface area contributed by atoms with Gasteiger partial charge in [0.1, 0.15) is 11.6 Å². The van der Waals surface area contributed by atoms with Crippen LogP contribution in [0.2, 0.25) is 0 Å². The Balaban J connectivity index is 1.34. The minimum atomic E-state index is -0.228. The fourth-order valence-corrected chi connectivity index (χ4v) is 6.32. The summed E-state index contributed by atoms with van der Waals surface area (Å²) in [5, 5.41) is 14.0. The van der Waals surface area contributed by atoms with E-state index < -0.39 is 0 Å². The number of carbonyl (C=O) groups excluding carboxylic acids is 2. The normalized spacial score (nSPS) is 13.8. The standard InChI is InChI=1S/C38H49N3O4/c1-26-16-27(2)18-29(17-26)19-33-21-30(25-41-38(33)39)20-32-22-36(44)37(45-3)23-31(32)10-11-35(43)24-34(42)9-7-5-4-6-8-28-12-14-40-15-13-28/h10-11,16-18,21-23,25,28,40,44H,4-9,12-15,19-20,24H2,1-3H3,(H2,39,41). The average Bonchev–Trinajstić information content (AvgIpc) is 3.00. The van der Waals surface area contributed by atoms with Gasteiger partial charge >= 0.3 is 0 Å². The number of carbonyl (C=O) groups is 2. The molecule has 0 saturated carbocycles. The molecule has 0 radical (unpaired) electrons. The molecule has 2 aromatic carbocycles. The summed E-state index contributed by atoms with van der Waals surface area (Å²) in [5.74, 6) is 1.42. The first-order chi connectivity index (χ1) is 21.7. The van der Waals surface area contributed by atoms with Crippen molar-refractivity contribution in [3.8, 4) is 11.5 Å². The number of aromatic hydroxyl groups is 1. The van der Waals surface area contributed by atoms with Gasteiger partial charge < -0.3 is 20.9 Å². The average molecular weight is 612 g/mol. The maximum absolute atomic E-state index is 12.7. The number of nitrogens with two attached hydrogens (primary N) is 1. The number of benzene rings is 2. The van der Waals surface area contributed by atoms with Crippen molar-refractivity contribution in [2.24, 2.45) is 5.92 Å². The molecular formula is C38H49N3O4. The van der Waals surface area contributed by atoms with Gasteiger partial charge in [0.15, 0.2) is 17.3 Å². The Morgan fingerprint density at radius 2 is 1.67 bits per heavy atom. The van der Waals surface area contributed by atoms with E-state index in [1.807, 2.05) is 6.07 Å². The number of nitrogen functional groups attached to an aromatic ring is 1. The van der Waals surface area contributed by atoms with Gasteiger partial charge in [0.25, 0.3) is 0 Å². The number of nitrogens with zero attached hydrogens (tertiary/aromatic N) is 1. The highest BCUT2D eigenvalue weighted by Gasteiger charge is 2.14. The predicted molar refractivity (Wildman–Crippen MR) is 182 cm³/mol. The van der Waals surface area contributed by atoms with E-state index in [0.717, 1.165) is 60.5 Å². The summed E-state index contributed by atoms with van der Waals surface area (Å²) in [6, 6.07) is 11.9. The van der Waals surface area contributed by atoms with Crippen LogP contribution in [0.5, 0.6) is 11.5 Å². The number of hydrogen-bond donors (Lipinski definition) is 3. The number of nitrogens with one attached hydrogen (secondary N) is 1. The molecule has 0 unspecified atom stereocenters. The molecule has 7 nitrogen and oxygen atoms in total. The van der Waals surface area contributed by atoms with Gasteiger partial charge in [-0.3, -0.25) is 9.59 Å². The van der Waals surface area contributed by atoms with Crippen LogP contribution >= 0.6 is 0 Å². The van der Waals surface area contributed by atoms with Gasteiger partial charge in [0.05, 0.1) is 13.5 Å². The smallest absolute Gasteiger partial charge is 0.163 e. The highest BCUT2D eigenvalue weighted by molar-refractivity contribution is 6.06. The third kappa shape index (κ3) is 10.9. The van der Waals surface area contributed by atoms with Gasteiger partial charge in [-0.1, -0.05) is 61.1 Å². The van der Waals surface area contributed by atoms with Crippen molar-refractivity contribution in [3.63, 3.8) is 0 Å². The molecule has 7 heteroatoms. The number of Topliss-reactive ketones (excluding diaryl/α,β-unsaturated/α-hetero) is 1. The second-order valence-corrected chi connectivity index (χ2v) is 12.6. The van der Waals surface area contributed by atoms with Crippen LogP contribution in [0.4, 0.5) is 5.82 Å². The number of allylic oxidation sites excluding steroid dienone is 1. The number of phenolic OH excluding ortho intramolecular Hbond substituents is 1. The van der Waals surface area contributed by atoms with E-state index in [9.17, 15) is 14.7 Å². The van der Waals surface area contributed by atoms with Crippen LogP contribution in [0, 0.1) is 19.8 Å². The van der Waals surface area contributed by atoms with Gasteiger partial charge in [0, 0.05) is 19.0 Å². The van der Waals surface area contributed by atoms with Crippen LogP contribution in [-0.2, 0) is 22.4 Å². The van der Waals surface area contributed by atoms with Crippen molar-refractivity contribution < 1.29 is 19.4 Å². The Labute approximate surface area is 268 Å². The number of pyridine rings is 1. The zero-order valence-corrected chi connectivity index (χ0v) is 27.2. The number of aryl methyl sites for hydroxylation is 2. The fraction of sp³-hybridized carbons (Fsp3) is 0.447. The van der Waals surface area contributed by atoms with Gasteiger partial charge in [-0.25, -0.2) is 4.98 Å². The zero-order chi connectivity index (χ0) is 32.2. The molecular weight excluding hydrogens is 562 g/mol.